The molecule has 8 heteroatoms. The molecule has 0 spiro atoms. The Kier molecular flexibility index (Phi) is 7.18. The number of nitrogens with zero attached hydrogens (tertiary/aromatic N) is 2. The molecule has 1 aliphatic heterocycles. The fourth-order valence-electron chi connectivity index (χ4n) is 3.38. The Hall–Kier alpha value is -2.06. The molecule has 2 N–H and O–H groups in total. The van der Waals surface area contributed by atoms with Gasteiger partial charge in [-0.25, -0.2) is 9.78 Å². The maximum Gasteiger partial charge on any atom is 0.355 e. The third-order valence-electron chi connectivity index (χ3n) is 5.17. The van der Waals surface area contributed by atoms with Crippen LogP contribution in [0.3, 0.4) is 0 Å². The van der Waals surface area contributed by atoms with Crippen LogP contribution in [0.5, 0.6) is 0 Å². The highest BCUT2D eigenvalue weighted by atomic mass is 32.2. The van der Waals surface area contributed by atoms with Crippen LogP contribution < -0.4 is 5.32 Å². The van der Waals surface area contributed by atoms with Crippen LogP contribution in [0, 0.1) is 6.92 Å². The lowest BCUT2D eigenvalue weighted by atomic mass is 10.0. The number of rotatable bonds is 9. The number of amides is 1. The summed E-state index contributed by atoms with van der Waals surface area (Å²) in [5.74, 6) is 0.364. The molecule has 0 unspecified atom stereocenters. The van der Waals surface area contributed by atoms with Crippen molar-refractivity contribution in [3.8, 4) is 0 Å². The lowest BCUT2D eigenvalue weighted by Crippen LogP contribution is -2.39. The topological polar surface area (TPSA) is 82.5 Å². The maximum absolute atomic E-state index is 12.3. The summed E-state index contributed by atoms with van der Waals surface area (Å²) in [7, 11) is 0. The number of aromatic nitrogens is 1. The number of carbonyl (C=O) groups is 2. The van der Waals surface area contributed by atoms with E-state index in [4.69, 9.17) is 5.11 Å². The predicted octanol–water partition coefficient (Wildman–Crippen LogP) is 4.47. The number of thiazole rings is 1. The molecule has 1 saturated heterocycles. The van der Waals surface area contributed by atoms with Crippen molar-refractivity contribution < 1.29 is 14.7 Å². The quantitative estimate of drug-likeness (QED) is 0.568. The van der Waals surface area contributed by atoms with E-state index in [2.05, 4.69) is 49.3 Å². The first-order valence-corrected chi connectivity index (χ1v) is 11.7. The van der Waals surface area contributed by atoms with Crippen LogP contribution in [0.1, 0.15) is 54.2 Å². The summed E-state index contributed by atoms with van der Waals surface area (Å²) in [5, 5.41) is 14.1. The van der Waals surface area contributed by atoms with Gasteiger partial charge in [0.15, 0.2) is 10.0 Å². The van der Waals surface area contributed by atoms with Gasteiger partial charge >= 0.3 is 5.97 Å². The second-order valence-electron chi connectivity index (χ2n) is 7.54. The zero-order valence-electron chi connectivity index (χ0n) is 17.0. The molecule has 156 valence electrons. The minimum Gasteiger partial charge on any atom is -0.476 e. The van der Waals surface area contributed by atoms with E-state index in [1.54, 1.807) is 5.38 Å². The average Bonchev–Trinajstić information content (AvgIpc) is 3.29. The van der Waals surface area contributed by atoms with Gasteiger partial charge in [0.25, 0.3) is 0 Å². The molecule has 1 aromatic heterocycles. The summed E-state index contributed by atoms with van der Waals surface area (Å²) in [4.78, 5) is 29.3. The first kappa shape index (κ1) is 21.6. The first-order chi connectivity index (χ1) is 13.8. The van der Waals surface area contributed by atoms with Crippen LogP contribution >= 0.6 is 23.1 Å². The van der Waals surface area contributed by atoms with E-state index in [0.717, 1.165) is 23.0 Å². The summed E-state index contributed by atoms with van der Waals surface area (Å²) in [6.45, 7) is 7.85. The summed E-state index contributed by atoms with van der Waals surface area (Å²) in [5.41, 5.74) is 3.72. The highest BCUT2D eigenvalue weighted by Gasteiger charge is 2.30. The third kappa shape index (κ3) is 5.51. The van der Waals surface area contributed by atoms with Gasteiger partial charge in [0.05, 0.1) is 0 Å². The molecule has 1 fully saturated rings. The predicted molar refractivity (Wildman–Crippen MR) is 118 cm³/mol. The normalized spacial score (nSPS) is 16.6. The number of hydrogen-bond acceptors (Lipinski definition) is 6. The van der Waals surface area contributed by atoms with Crippen molar-refractivity contribution in [1.29, 1.82) is 0 Å². The van der Waals surface area contributed by atoms with Crippen molar-refractivity contribution in [2.24, 2.45) is 0 Å². The standard InChI is InChI=1S/C21H27N3O3S2/c1-13(2)15-5-4-14(3)17(10-15)22-11-16-6-7-19(25)24(16)8-9-28-21-23-18(12-29-21)20(26)27/h4-5,10,12-13,16,22H,6-9,11H2,1-3H3,(H,26,27)/t16-/m1/s1. The second kappa shape index (κ2) is 9.63. The van der Waals surface area contributed by atoms with Crippen LogP contribution in [0.4, 0.5) is 5.69 Å². The number of carbonyl (C=O) groups excluding carboxylic acids is 1. The molecule has 6 nitrogen and oxygen atoms in total. The number of anilines is 1. The molecule has 2 aromatic rings. The molecule has 1 amide bonds. The van der Waals surface area contributed by atoms with Gasteiger partial charge in [-0.1, -0.05) is 37.7 Å². The van der Waals surface area contributed by atoms with E-state index in [0.29, 0.717) is 24.6 Å². The van der Waals surface area contributed by atoms with Gasteiger partial charge in [-0.3, -0.25) is 4.79 Å². The number of carboxylic acids is 1. The van der Waals surface area contributed by atoms with Gasteiger partial charge < -0.3 is 15.3 Å². The van der Waals surface area contributed by atoms with Crippen molar-refractivity contribution in [3.05, 3.63) is 40.4 Å². The fourth-order valence-corrected chi connectivity index (χ4v) is 5.19. The van der Waals surface area contributed by atoms with E-state index in [-0.39, 0.29) is 17.6 Å². The molecular formula is C21H27N3O3S2. The number of carboxylic acid groups (broad SMARTS) is 1. The van der Waals surface area contributed by atoms with Crippen LogP contribution in [0.15, 0.2) is 27.9 Å². The number of aryl methyl sites for hydroxylation is 1. The zero-order valence-corrected chi connectivity index (χ0v) is 18.6. The number of hydrogen-bond donors (Lipinski definition) is 2. The van der Waals surface area contributed by atoms with E-state index >= 15 is 0 Å². The highest BCUT2D eigenvalue weighted by molar-refractivity contribution is 8.01. The Morgan fingerprint density at radius 2 is 2.24 bits per heavy atom. The second-order valence-corrected chi connectivity index (χ2v) is 9.74. The number of nitrogens with one attached hydrogen (secondary N) is 1. The van der Waals surface area contributed by atoms with Crippen LogP contribution in [0.2, 0.25) is 0 Å². The first-order valence-electron chi connectivity index (χ1n) is 9.80. The largest absolute Gasteiger partial charge is 0.476 e. The molecule has 0 radical (unpaired) electrons. The molecule has 0 bridgehead atoms. The minimum absolute atomic E-state index is 0.0795. The Morgan fingerprint density at radius 1 is 1.45 bits per heavy atom. The van der Waals surface area contributed by atoms with E-state index < -0.39 is 5.97 Å². The lowest BCUT2D eigenvalue weighted by Gasteiger charge is -2.26. The van der Waals surface area contributed by atoms with Gasteiger partial charge in [-0.2, -0.15) is 0 Å². The van der Waals surface area contributed by atoms with Crippen molar-refractivity contribution in [2.75, 3.05) is 24.2 Å². The number of aromatic carboxylic acids is 1. The minimum atomic E-state index is -1.01. The number of likely N-dealkylation sites (tertiary alicyclic amines) is 1. The summed E-state index contributed by atoms with van der Waals surface area (Å²) < 4.78 is 0.727. The Balaban J connectivity index is 1.54. The van der Waals surface area contributed by atoms with Gasteiger partial charge in [-0.05, 0) is 36.5 Å². The molecular weight excluding hydrogens is 406 g/mol. The van der Waals surface area contributed by atoms with E-state index in [1.807, 2.05) is 4.90 Å². The van der Waals surface area contributed by atoms with Crippen molar-refractivity contribution in [1.82, 2.24) is 9.88 Å². The Bertz CT molecular complexity index is 882. The average molecular weight is 434 g/mol. The van der Waals surface area contributed by atoms with Gasteiger partial charge in [0.2, 0.25) is 5.91 Å². The van der Waals surface area contributed by atoms with Gasteiger partial charge in [0.1, 0.15) is 0 Å². The van der Waals surface area contributed by atoms with Crippen molar-refractivity contribution in [3.63, 3.8) is 0 Å². The third-order valence-corrected chi connectivity index (χ3v) is 7.17. The monoisotopic (exact) mass is 433 g/mol. The summed E-state index contributed by atoms with van der Waals surface area (Å²) in [6, 6.07) is 6.70. The van der Waals surface area contributed by atoms with Crippen LogP contribution in [-0.4, -0.2) is 51.8 Å². The SMILES string of the molecule is Cc1ccc(C(C)C)cc1NC[C@H]1CCC(=O)N1CCSc1nc(C(=O)O)cs1. The molecule has 0 aliphatic carbocycles. The molecule has 1 aliphatic rings. The van der Waals surface area contributed by atoms with Crippen molar-refractivity contribution >= 4 is 40.7 Å². The van der Waals surface area contributed by atoms with Gasteiger partial charge in [-0.15, -0.1) is 11.3 Å². The van der Waals surface area contributed by atoms with E-state index in [9.17, 15) is 9.59 Å². The van der Waals surface area contributed by atoms with E-state index in [1.165, 1.54) is 34.2 Å². The lowest BCUT2D eigenvalue weighted by molar-refractivity contribution is -0.128. The van der Waals surface area contributed by atoms with Gasteiger partial charge in [0, 0.05) is 42.4 Å². The number of benzene rings is 1. The van der Waals surface area contributed by atoms with Crippen molar-refractivity contribution in [2.45, 2.75) is 49.9 Å². The Labute approximate surface area is 179 Å². The maximum atomic E-state index is 12.3. The molecule has 0 saturated carbocycles. The number of thioether (sulfide) groups is 1. The zero-order chi connectivity index (χ0) is 21.0. The Morgan fingerprint density at radius 3 is 2.93 bits per heavy atom. The molecule has 29 heavy (non-hydrogen) atoms. The fraction of sp³-hybridized carbons (Fsp3) is 0.476. The highest BCUT2D eigenvalue weighted by Crippen LogP contribution is 2.26. The van der Waals surface area contributed by atoms with Crippen LogP contribution in [0.25, 0.3) is 0 Å². The molecule has 1 aromatic carbocycles. The molecule has 3 rings (SSSR count). The van der Waals surface area contributed by atoms with Crippen LogP contribution in [-0.2, 0) is 4.79 Å². The molecule has 1 atom stereocenters. The smallest absolute Gasteiger partial charge is 0.355 e. The summed E-state index contributed by atoms with van der Waals surface area (Å²) >= 11 is 2.83. The summed E-state index contributed by atoms with van der Waals surface area (Å²) in [6.07, 6.45) is 1.45. The molecule has 2 heterocycles.